The highest BCUT2D eigenvalue weighted by molar-refractivity contribution is 6.40. The van der Waals surface area contributed by atoms with Crippen molar-refractivity contribution in [3.63, 3.8) is 0 Å². The van der Waals surface area contributed by atoms with Crippen LogP contribution in [-0.2, 0) is 17.8 Å². The van der Waals surface area contributed by atoms with Gasteiger partial charge in [-0.25, -0.2) is 4.57 Å². The smallest absolute Gasteiger partial charge is 0.304 e. The maximum absolute atomic E-state index is 11.2. The van der Waals surface area contributed by atoms with Gasteiger partial charge in [-0.3, -0.25) is 10.1 Å². The highest BCUT2D eigenvalue weighted by atomic mass is 35.5. The van der Waals surface area contributed by atoms with Crippen LogP contribution in [0.15, 0.2) is 36.7 Å². The van der Waals surface area contributed by atoms with Crippen LogP contribution >= 0.6 is 34.8 Å². The molecule has 142 valence electrons. The molecular weight excluding hydrogens is 427 g/mol. The van der Waals surface area contributed by atoms with E-state index in [9.17, 15) is 10.1 Å². The predicted molar refractivity (Wildman–Crippen MR) is 102 cm³/mol. The lowest BCUT2D eigenvalue weighted by Crippen LogP contribution is -2.51. The number of nitro groups is 1. The first-order chi connectivity index (χ1) is 13.4. The third-order valence-corrected chi connectivity index (χ3v) is 5.92. The number of nitrogens with zero attached hydrogens (tertiary/aromatic N) is 4. The van der Waals surface area contributed by atoms with Gasteiger partial charge in [0.1, 0.15) is 18.8 Å². The number of non-ortho nitro benzene ring substituents is 1. The first kappa shape index (κ1) is 17.9. The zero-order valence-electron chi connectivity index (χ0n) is 14.2. The van der Waals surface area contributed by atoms with Crippen LogP contribution in [0.25, 0.3) is 5.69 Å². The summed E-state index contributed by atoms with van der Waals surface area (Å²) >= 11 is 18.7. The van der Waals surface area contributed by atoms with Crippen LogP contribution in [0.4, 0.5) is 5.69 Å². The van der Waals surface area contributed by atoms with Gasteiger partial charge in [-0.15, -0.1) is 0 Å². The Balaban J connectivity index is 1.64. The van der Waals surface area contributed by atoms with E-state index in [0.29, 0.717) is 39.6 Å². The second kappa shape index (κ2) is 6.42. The lowest BCUT2D eigenvalue weighted by molar-refractivity contribution is -0.739. The van der Waals surface area contributed by atoms with Gasteiger partial charge in [-0.2, -0.15) is 0 Å². The molecule has 7 nitrogen and oxygen atoms in total. The fourth-order valence-corrected chi connectivity index (χ4v) is 4.92. The van der Waals surface area contributed by atoms with E-state index in [2.05, 4.69) is 5.10 Å². The standard InChI is InChI=1S/C18H12Cl3N4O3/c19-10-4-13(20)18(14(21)5-10)24-8-23-16(22-24)7-28-15-3-9-1-2-11(25(26)27)6-12(9)17(15)23/h1-2,4-6,8,15,17H,3,7H2/q+1/t15-,17+/m1/s1. The number of hydrogen-bond acceptors (Lipinski definition) is 4. The Labute approximate surface area is 174 Å². The van der Waals surface area contributed by atoms with Crippen molar-refractivity contribution in [3.05, 3.63) is 78.8 Å². The van der Waals surface area contributed by atoms with E-state index in [-0.39, 0.29) is 22.8 Å². The van der Waals surface area contributed by atoms with Crippen LogP contribution in [0.1, 0.15) is 23.0 Å². The van der Waals surface area contributed by atoms with Gasteiger partial charge >= 0.3 is 5.82 Å². The minimum atomic E-state index is -0.389. The number of ether oxygens (including phenoxy) is 1. The Morgan fingerprint density at radius 1 is 1.21 bits per heavy atom. The first-order valence-corrected chi connectivity index (χ1v) is 9.59. The number of fused-ring (bicyclic) bond motifs is 5. The fourth-order valence-electron chi connectivity index (χ4n) is 3.93. The molecule has 28 heavy (non-hydrogen) atoms. The Bertz CT molecular complexity index is 1120. The summed E-state index contributed by atoms with van der Waals surface area (Å²) in [6.45, 7) is 0.326. The van der Waals surface area contributed by atoms with Crippen molar-refractivity contribution in [2.24, 2.45) is 0 Å². The Hall–Kier alpha value is -2.19. The van der Waals surface area contributed by atoms with Crippen LogP contribution in [0.5, 0.6) is 0 Å². The van der Waals surface area contributed by atoms with Gasteiger partial charge in [0.2, 0.25) is 6.33 Å². The maximum Gasteiger partial charge on any atom is 0.304 e. The summed E-state index contributed by atoms with van der Waals surface area (Å²) in [6.07, 6.45) is 2.38. The van der Waals surface area contributed by atoms with Gasteiger partial charge in [0.15, 0.2) is 5.69 Å². The summed E-state index contributed by atoms with van der Waals surface area (Å²) in [4.78, 5) is 10.8. The number of hydrogen-bond donors (Lipinski definition) is 0. The van der Waals surface area contributed by atoms with E-state index in [0.717, 1.165) is 11.1 Å². The largest absolute Gasteiger partial charge is 0.363 e. The minimum absolute atomic E-state index is 0.0586. The molecule has 2 atom stereocenters. The molecule has 1 aliphatic heterocycles. The van der Waals surface area contributed by atoms with Gasteiger partial charge in [0.05, 0.1) is 15.0 Å². The minimum Gasteiger partial charge on any atom is -0.363 e. The van der Waals surface area contributed by atoms with E-state index in [1.165, 1.54) is 6.07 Å². The zero-order valence-corrected chi connectivity index (χ0v) is 16.4. The van der Waals surface area contributed by atoms with Crippen LogP contribution < -0.4 is 4.57 Å². The molecule has 3 aromatic rings. The molecule has 0 radical (unpaired) electrons. The molecule has 1 aromatic heterocycles. The molecule has 2 aliphatic rings. The summed E-state index contributed by atoms with van der Waals surface area (Å²) in [5, 5.41) is 17.0. The van der Waals surface area contributed by atoms with Gasteiger partial charge < -0.3 is 4.74 Å². The quantitative estimate of drug-likeness (QED) is 0.343. The molecule has 0 saturated heterocycles. The molecule has 1 aliphatic carbocycles. The van der Waals surface area contributed by atoms with Crippen LogP contribution in [-0.4, -0.2) is 20.8 Å². The van der Waals surface area contributed by atoms with E-state index in [1.54, 1.807) is 35.3 Å². The van der Waals surface area contributed by atoms with E-state index < -0.39 is 0 Å². The second-order valence-corrected chi connectivity index (χ2v) is 7.99. The molecule has 0 bridgehead atoms. The molecule has 2 aromatic carbocycles. The average molecular weight is 439 g/mol. The molecule has 0 amide bonds. The molecule has 0 fully saturated rings. The molecular formula is C18H12Cl3N4O3+. The van der Waals surface area contributed by atoms with E-state index in [4.69, 9.17) is 39.5 Å². The summed E-state index contributed by atoms with van der Waals surface area (Å²) in [5.41, 5.74) is 2.49. The normalized spacial score (nSPS) is 19.8. The number of rotatable bonds is 2. The van der Waals surface area contributed by atoms with E-state index in [1.807, 2.05) is 4.57 Å². The summed E-state index contributed by atoms with van der Waals surface area (Å²) in [7, 11) is 0. The van der Waals surface area contributed by atoms with Crippen molar-refractivity contribution in [2.75, 3.05) is 0 Å². The average Bonchev–Trinajstić information content (AvgIpc) is 3.20. The van der Waals surface area contributed by atoms with Crippen LogP contribution in [0.3, 0.4) is 0 Å². The maximum atomic E-state index is 11.2. The highest BCUT2D eigenvalue weighted by Gasteiger charge is 2.44. The van der Waals surface area contributed by atoms with Crippen molar-refractivity contribution >= 4 is 40.5 Å². The van der Waals surface area contributed by atoms with Crippen molar-refractivity contribution in [2.45, 2.75) is 25.2 Å². The van der Waals surface area contributed by atoms with Crippen LogP contribution in [0, 0.1) is 10.1 Å². The van der Waals surface area contributed by atoms with Gasteiger partial charge in [-0.05, 0) is 17.7 Å². The highest BCUT2D eigenvalue weighted by Crippen LogP contribution is 2.38. The number of aromatic nitrogens is 3. The fraction of sp³-hybridized carbons (Fsp3) is 0.222. The molecule has 0 saturated carbocycles. The van der Waals surface area contributed by atoms with Gasteiger partial charge in [0, 0.05) is 34.2 Å². The number of halogens is 3. The predicted octanol–water partition coefficient (Wildman–Crippen LogP) is 4.07. The zero-order chi connectivity index (χ0) is 19.6. The molecule has 0 spiro atoms. The Morgan fingerprint density at radius 3 is 2.68 bits per heavy atom. The third kappa shape index (κ3) is 2.69. The number of benzene rings is 2. The van der Waals surface area contributed by atoms with Gasteiger partial charge in [-0.1, -0.05) is 45.6 Å². The van der Waals surface area contributed by atoms with E-state index >= 15 is 0 Å². The number of nitro benzene ring substituents is 1. The SMILES string of the molecule is O=[N+]([O-])c1ccc2c(c1)[C@H]1[C@@H](C2)OCc2nn(-c3c(Cl)cc(Cl)cc3Cl)c[n+]21. The lowest BCUT2D eigenvalue weighted by Gasteiger charge is -2.23. The summed E-state index contributed by atoms with van der Waals surface area (Å²) < 4.78 is 9.56. The first-order valence-electron chi connectivity index (χ1n) is 8.46. The van der Waals surface area contributed by atoms with Crippen LogP contribution in [0.2, 0.25) is 15.1 Å². The van der Waals surface area contributed by atoms with Crippen molar-refractivity contribution in [1.29, 1.82) is 0 Å². The molecule has 10 heteroatoms. The molecule has 0 unspecified atom stereocenters. The lowest BCUT2D eigenvalue weighted by atomic mass is 10.1. The summed E-state index contributed by atoms with van der Waals surface area (Å²) in [5.74, 6) is 0.683. The monoisotopic (exact) mass is 437 g/mol. The Morgan fingerprint density at radius 2 is 1.96 bits per heavy atom. The second-order valence-electron chi connectivity index (χ2n) is 6.74. The van der Waals surface area contributed by atoms with Crippen molar-refractivity contribution < 1.29 is 14.2 Å². The Kier molecular flexibility index (Phi) is 4.10. The summed E-state index contributed by atoms with van der Waals surface area (Å²) in [6, 6.07) is 7.94. The third-order valence-electron chi connectivity index (χ3n) is 5.12. The topological polar surface area (TPSA) is 74.1 Å². The van der Waals surface area contributed by atoms with Gasteiger partial charge in [0.25, 0.3) is 5.69 Å². The molecule has 0 N–H and O–H groups in total. The van der Waals surface area contributed by atoms with Crippen molar-refractivity contribution in [1.82, 2.24) is 9.78 Å². The molecule has 5 rings (SSSR count). The molecule has 2 heterocycles. The van der Waals surface area contributed by atoms with Crippen molar-refractivity contribution in [3.8, 4) is 5.69 Å².